The maximum absolute atomic E-state index is 5.10. The van der Waals surface area contributed by atoms with Crippen molar-refractivity contribution in [1.29, 1.82) is 0 Å². The zero-order valence-corrected chi connectivity index (χ0v) is 68.9. The number of rotatable bonds is 9. The maximum atomic E-state index is 5.10. The first-order valence-corrected chi connectivity index (χ1v) is 42.1. The highest BCUT2D eigenvalue weighted by Gasteiger charge is 2.40. The fraction of sp³-hybridized carbons (Fsp3) is 0.0789. The summed E-state index contributed by atoms with van der Waals surface area (Å²) in [5, 5.41) is 14.3. The lowest BCUT2D eigenvalue weighted by molar-refractivity contribution is 0.666. The molecule has 0 unspecified atom stereocenters. The second kappa shape index (κ2) is 29.5. The minimum Gasteiger partial charge on any atom is -0.208 e. The summed E-state index contributed by atoms with van der Waals surface area (Å²) in [5.74, 6) is 6.06. The predicted molar refractivity (Wildman–Crippen MR) is 506 cm³/mol. The lowest BCUT2D eigenvalue weighted by Crippen LogP contribution is -2.15. The molecule has 18 aromatic carbocycles. The van der Waals surface area contributed by atoms with E-state index in [1.807, 2.05) is 54.6 Å². The molecular weight excluding hydrogens is 1500 g/mol. The molecule has 3 aromatic heterocycles. The van der Waals surface area contributed by atoms with Gasteiger partial charge in [0.05, 0.1) is 0 Å². The largest absolute Gasteiger partial charge is 0.208 e. The average molecular weight is 1580 g/mol. The van der Waals surface area contributed by atoms with E-state index in [4.69, 9.17) is 44.9 Å². The molecule has 24 rings (SSSR count). The molecule has 0 fully saturated rings. The molecule has 0 saturated heterocycles. The van der Waals surface area contributed by atoms with E-state index in [1.54, 1.807) is 0 Å². The molecule has 0 saturated carbocycles. The van der Waals surface area contributed by atoms with E-state index in [-0.39, 0.29) is 16.2 Å². The number of benzene rings is 18. The van der Waals surface area contributed by atoms with Gasteiger partial charge in [-0.3, -0.25) is 0 Å². The Balaban J connectivity index is 0.000000110. The first-order valence-electron chi connectivity index (χ1n) is 42.1. The molecule has 3 heterocycles. The van der Waals surface area contributed by atoms with Gasteiger partial charge in [-0.15, -0.1) is 0 Å². The molecule has 0 atom stereocenters. The molecule has 123 heavy (non-hydrogen) atoms. The first-order chi connectivity index (χ1) is 60.2. The van der Waals surface area contributed by atoms with Gasteiger partial charge in [0.25, 0.3) is 0 Å². The van der Waals surface area contributed by atoms with E-state index >= 15 is 0 Å². The molecule has 0 amide bonds. The van der Waals surface area contributed by atoms with Crippen LogP contribution in [0.2, 0.25) is 0 Å². The third kappa shape index (κ3) is 12.8. The molecule has 0 spiro atoms. The van der Waals surface area contributed by atoms with Gasteiger partial charge in [0, 0.05) is 66.3 Å². The fourth-order valence-electron chi connectivity index (χ4n) is 19.5. The molecule has 0 aliphatic heterocycles. The predicted octanol–water partition coefficient (Wildman–Crippen LogP) is 28.5. The summed E-state index contributed by atoms with van der Waals surface area (Å²) in [4.78, 5) is 45.2. The zero-order chi connectivity index (χ0) is 82.7. The second-order valence-corrected chi connectivity index (χ2v) is 33.9. The summed E-state index contributed by atoms with van der Waals surface area (Å²) >= 11 is 0. The van der Waals surface area contributed by atoms with Gasteiger partial charge in [-0.2, -0.15) is 0 Å². The summed E-state index contributed by atoms with van der Waals surface area (Å²) in [5.41, 5.74) is 24.8. The van der Waals surface area contributed by atoms with Crippen LogP contribution in [0.3, 0.4) is 0 Å². The Morgan fingerprint density at radius 2 is 0.423 bits per heavy atom. The second-order valence-electron chi connectivity index (χ2n) is 33.9. The molecule has 3 aliphatic carbocycles. The van der Waals surface area contributed by atoms with E-state index in [9.17, 15) is 0 Å². The highest BCUT2D eigenvalue weighted by Crippen LogP contribution is 2.55. The van der Waals surface area contributed by atoms with Gasteiger partial charge in [-0.05, 0) is 156 Å². The SMILES string of the molecule is CC1(C)c2ccccc2-c2ccc3c(-c4nc(-c5ccccc5)nc(-c5ccc6ccccc6c5)n4)cccc3c21.CC1(C)c2ccccc2-c2ccc3cc(-c4nc(-c5ccccc5)nc(-c5cccc6ccccc56)n4)ccc3c21.CC1(C)c2ccccc2-c2ccc3ccc(-c4nc(-c5ccccc5)nc(-c5ccc6ccccc6c5)n4)cc3c21. The molecule has 0 N–H and O–H groups in total. The van der Waals surface area contributed by atoms with E-state index in [1.165, 1.54) is 104 Å². The van der Waals surface area contributed by atoms with E-state index < -0.39 is 0 Å². The van der Waals surface area contributed by atoms with Crippen molar-refractivity contribution in [3.63, 3.8) is 0 Å². The first kappa shape index (κ1) is 73.9. The summed E-state index contributed by atoms with van der Waals surface area (Å²) in [6.45, 7) is 14.0. The van der Waals surface area contributed by atoms with Crippen LogP contribution in [0, 0.1) is 0 Å². The zero-order valence-electron chi connectivity index (χ0n) is 68.9. The van der Waals surface area contributed by atoms with Crippen molar-refractivity contribution in [3.8, 4) is 136 Å². The molecule has 3 aliphatic rings. The topological polar surface area (TPSA) is 116 Å². The van der Waals surface area contributed by atoms with Crippen LogP contribution >= 0.6 is 0 Å². The van der Waals surface area contributed by atoms with Gasteiger partial charge in [-0.25, -0.2) is 44.9 Å². The van der Waals surface area contributed by atoms with Gasteiger partial charge < -0.3 is 0 Å². The lowest BCUT2D eigenvalue weighted by Gasteiger charge is -2.23. The summed E-state index contributed by atoms with van der Waals surface area (Å²) in [7, 11) is 0. The minimum absolute atomic E-state index is 0.0673. The highest BCUT2D eigenvalue weighted by molar-refractivity contribution is 6.05. The molecule has 0 bridgehead atoms. The molecule has 9 heteroatoms. The Labute approximate surface area is 714 Å². The number of fused-ring (bicyclic) bond motifs is 18. The molecular formula is C114H81N9. The number of hydrogen-bond donors (Lipinski definition) is 0. The third-order valence-corrected chi connectivity index (χ3v) is 25.5. The minimum atomic E-state index is -0.103. The van der Waals surface area contributed by atoms with Crippen LogP contribution in [0.4, 0.5) is 0 Å². The smallest absolute Gasteiger partial charge is 0.164 e. The van der Waals surface area contributed by atoms with E-state index in [2.05, 4.69) is 369 Å². The van der Waals surface area contributed by atoms with Crippen LogP contribution in [0.1, 0.15) is 74.9 Å². The van der Waals surface area contributed by atoms with Crippen LogP contribution in [0.15, 0.2) is 382 Å². The standard InChI is InChI=1S/3C38H27N3/c1-38(2)33-18-9-8-16-30(33)31-22-19-26-23-27(20-21-29(26)34(31)38)36-39-35(25-12-4-3-5-13-25)40-37(41-36)32-17-10-14-24-11-6-7-15-28(24)32;1-38(2)33-18-9-8-15-29(33)31-22-21-28-30(34(31)38)16-10-17-32(28)37-40-35(25-12-4-3-5-13-25)39-36(41-37)27-20-19-24-11-6-7-14-26(24)23-27;1-38(2)33-15-9-8-14-30(33)31-21-20-25-17-19-29(23-32(25)34(31)38)37-40-35(26-11-4-3-5-12-26)39-36(41-37)28-18-16-24-10-6-7-13-27(24)22-28/h3*3-23H,1-2H3. The van der Waals surface area contributed by atoms with Crippen LogP contribution in [-0.2, 0) is 16.2 Å². The Kier molecular flexibility index (Phi) is 17.7. The summed E-state index contributed by atoms with van der Waals surface area (Å²) in [6.07, 6.45) is 0. The normalized spacial score (nSPS) is 13.3. The van der Waals surface area contributed by atoms with Crippen molar-refractivity contribution in [2.75, 3.05) is 0 Å². The van der Waals surface area contributed by atoms with Crippen molar-refractivity contribution in [2.45, 2.75) is 57.8 Å². The van der Waals surface area contributed by atoms with Crippen LogP contribution < -0.4 is 0 Å². The summed E-state index contributed by atoms with van der Waals surface area (Å²) in [6, 6.07) is 134. The number of nitrogens with zero attached hydrogens (tertiary/aromatic N) is 9. The van der Waals surface area contributed by atoms with Crippen molar-refractivity contribution in [1.82, 2.24) is 44.9 Å². The average Bonchev–Trinajstić information content (AvgIpc) is 1.58. The van der Waals surface area contributed by atoms with Crippen molar-refractivity contribution >= 4 is 64.6 Å². The number of aromatic nitrogens is 9. The van der Waals surface area contributed by atoms with Gasteiger partial charge in [0.2, 0.25) is 0 Å². The molecule has 582 valence electrons. The highest BCUT2D eigenvalue weighted by atomic mass is 15.1. The fourth-order valence-corrected chi connectivity index (χ4v) is 19.5. The van der Waals surface area contributed by atoms with Crippen molar-refractivity contribution < 1.29 is 0 Å². The van der Waals surface area contributed by atoms with E-state index in [0.29, 0.717) is 52.4 Å². The maximum Gasteiger partial charge on any atom is 0.164 e. The van der Waals surface area contributed by atoms with Crippen LogP contribution in [0.5, 0.6) is 0 Å². The Hall–Kier alpha value is -15.5. The number of hydrogen-bond acceptors (Lipinski definition) is 9. The van der Waals surface area contributed by atoms with Crippen molar-refractivity contribution in [2.24, 2.45) is 0 Å². The van der Waals surface area contributed by atoms with Crippen LogP contribution in [-0.4, -0.2) is 44.9 Å². The van der Waals surface area contributed by atoms with Gasteiger partial charge in [0.1, 0.15) is 0 Å². The lowest BCUT2D eigenvalue weighted by atomic mass is 9.80. The summed E-state index contributed by atoms with van der Waals surface area (Å²) < 4.78 is 0. The van der Waals surface area contributed by atoms with E-state index in [0.717, 1.165) is 77.0 Å². The molecule has 9 nitrogen and oxygen atoms in total. The monoisotopic (exact) mass is 1580 g/mol. The van der Waals surface area contributed by atoms with Gasteiger partial charge in [-0.1, -0.05) is 399 Å². The Morgan fingerprint density at radius 3 is 0.894 bits per heavy atom. The van der Waals surface area contributed by atoms with Gasteiger partial charge >= 0.3 is 0 Å². The molecule has 21 aromatic rings. The quantitative estimate of drug-likeness (QED) is 0.139. The Morgan fingerprint density at radius 1 is 0.146 bits per heavy atom. The third-order valence-electron chi connectivity index (χ3n) is 25.5. The van der Waals surface area contributed by atoms with Gasteiger partial charge in [0.15, 0.2) is 52.4 Å². The van der Waals surface area contributed by atoms with Crippen molar-refractivity contribution in [3.05, 3.63) is 416 Å². The Bertz CT molecular complexity index is 7770. The van der Waals surface area contributed by atoms with Crippen LogP contribution in [0.25, 0.3) is 201 Å². The molecule has 0 radical (unpaired) electrons.